The van der Waals surface area contributed by atoms with Gasteiger partial charge in [-0.3, -0.25) is 4.79 Å². The van der Waals surface area contributed by atoms with E-state index in [4.69, 9.17) is 16.3 Å². The van der Waals surface area contributed by atoms with E-state index in [-0.39, 0.29) is 4.90 Å². The summed E-state index contributed by atoms with van der Waals surface area (Å²) >= 11 is 6.06. The molecule has 0 heterocycles. The number of ether oxygens (including phenoxy) is 1. The number of aryl methyl sites for hydroxylation is 1. The first-order valence-corrected chi connectivity index (χ1v) is 11.0. The summed E-state index contributed by atoms with van der Waals surface area (Å²) in [5.74, 6) is 0.418. The van der Waals surface area contributed by atoms with E-state index in [1.165, 1.54) is 19.1 Å². The second-order valence-corrected chi connectivity index (χ2v) is 8.85. The standard InChI is InChI=1S/C22H21ClN2O4S/c1-15-8-11-19(12-9-15)30(27,28)25-16(2)22(26)24-20-14-17(23)10-13-21(20)29-18-6-4-3-5-7-18/h3-14,16,25H,1-2H3,(H,24,26)/t16-/m1/s1. The highest BCUT2D eigenvalue weighted by molar-refractivity contribution is 7.89. The fraction of sp³-hybridized carbons (Fsp3) is 0.136. The van der Waals surface area contributed by atoms with Crippen molar-refractivity contribution in [1.29, 1.82) is 0 Å². The molecule has 3 rings (SSSR count). The lowest BCUT2D eigenvalue weighted by molar-refractivity contribution is -0.117. The quantitative estimate of drug-likeness (QED) is 0.551. The van der Waals surface area contributed by atoms with Gasteiger partial charge in [-0.1, -0.05) is 47.5 Å². The van der Waals surface area contributed by atoms with Crippen LogP contribution in [0.3, 0.4) is 0 Å². The first-order chi connectivity index (χ1) is 14.2. The van der Waals surface area contributed by atoms with E-state index in [1.807, 2.05) is 25.1 Å². The molecular weight excluding hydrogens is 424 g/mol. The molecule has 30 heavy (non-hydrogen) atoms. The van der Waals surface area contributed by atoms with Crippen LogP contribution in [0.1, 0.15) is 12.5 Å². The van der Waals surface area contributed by atoms with E-state index in [0.717, 1.165) is 5.56 Å². The second kappa shape index (κ2) is 9.30. The molecule has 0 unspecified atom stereocenters. The van der Waals surface area contributed by atoms with Gasteiger partial charge < -0.3 is 10.1 Å². The van der Waals surface area contributed by atoms with Gasteiger partial charge in [0.05, 0.1) is 16.6 Å². The Morgan fingerprint density at radius 2 is 1.67 bits per heavy atom. The number of rotatable bonds is 7. The molecule has 0 aromatic heterocycles. The third kappa shape index (κ3) is 5.60. The van der Waals surface area contributed by atoms with Gasteiger partial charge in [0.1, 0.15) is 5.75 Å². The molecule has 0 saturated heterocycles. The Morgan fingerprint density at radius 3 is 2.33 bits per heavy atom. The number of benzene rings is 3. The molecule has 0 bridgehead atoms. The maximum absolute atomic E-state index is 12.7. The molecule has 3 aromatic carbocycles. The second-order valence-electron chi connectivity index (χ2n) is 6.70. The first kappa shape index (κ1) is 21.8. The number of nitrogens with one attached hydrogen (secondary N) is 2. The molecule has 2 N–H and O–H groups in total. The van der Waals surface area contributed by atoms with Crippen LogP contribution in [-0.2, 0) is 14.8 Å². The minimum absolute atomic E-state index is 0.0867. The number of anilines is 1. The van der Waals surface area contributed by atoms with Crippen molar-refractivity contribution in [2.24, 2.45) is 0 Å². The van der Waals surface area contributed by atoms with E-state index >= 15 is 0 Å². The molecule has 0 radical (unpaired) electrons. The summed E-state index contributed by atoms with van der Waals surface area (Å²) in [6.07, 6.45) is 0. The van der Waals surface area contributed by atoms with Gasteiger partial charge in [0, 0.05) is 5.02 Å². The summed E-state index contributed by atoms with van der Waals surface area (Å²) in [6.45, 7) is 3.32. The van der Waals surface area contributed by atoms with E-state index < -0.39 is 22.0 Å². The van der Waals surface area contributed by atoms with Crippen LogP contribution in [0.5, 0.6) is 11.5 Å². The van der Waals surface area contributed by atoms with E-state index in [0.29, 0.717) is 22.2 Å². The minimum atomic E-state index is -3.85. The maximum Gasteiger partial charge on any atom is 0.242 e. The zero-order valence-corrected chi connectivity index (χ0v) is 18.0. The summed E-state index contributed by atoms with van der Waals surface area (Å²) in [7, 11) is -3.85. The number of halogens is 1. The van der Waals surface area contributed by atoms with Crippen molar-refractivity contribution in [2.75, 3.05) is 5.32 Å². The Bertz CT molecular complexity index is 1130. The molecule has 0 aliphatic carbocycles. The van der Waals surface area contributed by atoms with Crippen LogP contribution < -0.4 is 14.8 Å². The van der Waals surface area contributed by atoms with Crippen LogP contribution in [0, 0.1) is 6.92 Å². The molecule has 3 aromatic rings. The molecule has 0 spiro atoms. The van der Waals surface area contributed by atoms with Gasteiger partial charge in [-0.25, -0.2) is 8.42 Å². The lowest BCUT2D eigenvalue weighted by Crippen LogP contribution is -2.41. The van der Waals surface area contributed by atoms with Crippen molar-refractivity contribution >= 4 is 33.2 Å². The average molecular weight is 445 g/mol. The minimum Gasteiger partial charge on any atom is -0.455 e. The lowest BCUT2D eigenvalue weighted by atomic mass is 10.2. The number of sulfonamides is 1. The SMILES string of the molecule is Cc1ccc(S(=O)(=O)N[C@H](C)C(=O)Nc2cc(Cl)ccc2Oc2ccccc2)cc1. The van der Waals surface area contributed by atoms with Crippen LogP contribution in [0.25, 0.3) is 0 Å². The predicted molar refractivity (Wildman–Crippen MR) is 118 cm³/mol. The number of para-hydroxylation sites is 1. The predicted octanol–water partition coefficient (Wildman–Crippen LogP) is 4.75. The van der Waals surface area contributed by atoms with Gasteiger partial charge in [-0.05, 0) is 56.3 Å². The molecule has 8 heteroatoms. The molecule has 6 nitrogen and oxygen atoms in total. The Morgan fingerprint density at radius 1 is 1.00 bits per heavy atom. The van der Waals surface area contributed by atoms with Gasteiger partial charge >= 0.3 is 0 Å². The molecule has 0 aliphatic heterocycles. The van der Waals surface area contributed by atoms with Crippen LogP contribution in [0.4, 0.5) is 5.69 Å². The Labute approximate surface area is 180 Å². The van der Waals surface area contributed by atoms with Crippen molar-refractivity contribution < 1.29 is 17.9 Å². The summed E-state index contributed by atoms with van der Waals surface area (Å²) in [4.78, 5) is 12.7. The molecule has 156 valence electrons. The topological polar surface area (TPSA) is 84.5 Å². The summed E-state index contributed by atoms with van der Waals surface area (Å²) in [5, 5.41) is 3.08. The van der Waals surface area contributed by atoms with E-state index in [2.05, 4.69) is 10.0 Å². The molecule has 0 fully saturated rings. The van der Waals surface area contributed by atoms with Crippen LogP contribution in [0.2, 0.25) is 5.02 Å². The molecule has 1 atom stereocenters. The molecule has 1 amide bonds. The number of hydrogen-bond donors (Lipinski definition) is 2. The Hall–Kier alpha value is -2.87. The fourth-order valence-corrected chi connectivity index (χ4v) is 3.99. The third-order valence-electron chi connectivity index (χ3n) is 4.23. The van der Waals surface area contributed by atoms with Crippen molar-refractivity contribution in [1.82, 2.24) is 4.72 Å². The van der Waals surface area contributed by atoms with Gasteiger partial charge in [-0.2, -0.15) is 4.72 Å². The van der Waals surface area contributed by atoms with Gasteiger partial charge in [0.15, 0.2) is 5.75 Å². The van der Waals surface area contributed by atoms with Crippen molar-refractivity contribution in [3.63, 3.8) is 0 Å². The monoisotopic (exact) mass is 444 g/mol. The third-order valence-corrected chi connectivity index (χ3v) is 6.02. The zero-order chi connectivity index (χ0) is 21.7. The van der Waals surface area contributed by atoms with Gasteiger partial charge in [0.2, 0.25) is 15.9 Å². The summed E-state index contributed by atoms with van der Waals surface area (Å²) in [6, 6.07) is 19.2. The number of carbonyl (C=O) groups excluding carboxylic acids is 1. The highest BCUT2D eigenvalue weighted by atomic mass is 35.5. The van der Waals surface area contributed by atoms with Gasteiger partial charge in [0.25, 0.3) is 0 Å². The zero-order valence-electron chi connectivity index (χ0n) is 16.4. The summed E-state index contributed by atoms with van der Waals surface area (Å²) < 4.78 is 33.3. The largest absolute Gasteiger partial charge is 0.455 e. The molecule has 0 aliphatic rings. The fourth-order valence-electron chi connectivity index (χ4n) is 2.62. The lowest BCUT2D eigenvalue weighted by Gasteiger charge is -2.17. The number of carbonyl (C=O) groups is 1. The number of amides is 1. The van der Waals surface area contributed by atoms with Crippen molar-refractivity contribution in [3.8, 4) is 11.5 Å². The highest BCUT2D eigenvalue weighted by Crippen LogP contribution is 2.32. The van der Waals surface area contributed by atoms with E-state index in [1.54, 1.807) is 42.5 Å². The van der Waals surface area contributed by atoms with Crippen LogP contribution in [0.15, 0.2) is 77.7 Å². The normalized spacial score (nSPS) is 12.2. The Balaban J connectivity index is 1.75. The number of hydrogen-bond acceptors (Lipinski definition) is 4. The van der Waals surface area contributed by atoms with Crippen LogP contribution >= 0.6 is 11.6 Å². The van der Waals surface area contributed by atoms with E-state index in [9.17, 15) is 13.2 Å². The van der Waals surface area contributed by atoms with Gasteiger partial charge in [-0.15, -0.1) is 0 Å². The highest BCUT2D eigenvalue weighted by Gasteiger charge is 2.23. The smallest absolute Gasteiger partial charge is 0.242 e. The maximum atomic E-state index is 12.7. The van der Waals surface area contributed by atoms with Crippen LogP contribution in [-0.4, -0.2) is 20.4 Å². The summed E-state index contributed by atoms with van der Waals surface area (Å²) in [5.41, 5.74) is 1.27. The Kier molecular flexibility index (Phi) is 6.77. The van der Waals surface area contributed by atoms with Crippen molar-refractivity contribution in [2.45, 2.75) is 24.8 Å². The molecule has 0 saturated carbocycles. The first-order valence-electron chi connectivity index (χ1n) is 9.17. The van der Waals surface area contributed by atoms with Crippen molar-refractivity contribution in [3.05, 3.63) is 83.4 Å². The molecular formula is C22H21ClN2O4S. The average Bonchev–Trinajstić information content (AvgIpc) is 2.71.